The second kappa shape index (κ2) is 6.58. The standard InChI is InChI=1S/C19H19N3O2/c1-12-5-2-3-6-14(12)15-7-4-10-24-17-9-8-13(11-16(15)17)18(23)22-19(20)21/h2-3,5-9,11H,4,10H2,1H3,(H4,20,21,22,23). The monoisotopic (exact) mass is 321 g/mol. The molecule has 0 spiro atoms. The van der Waals surface area contributed by atoms with E-state index in [9.17, 15) is 4.79 Å². The lowest BCUT2D eigenvalue weighted by molar-refractivity contribution is 0.100. The summed E-state index contributed by atoms with van der Waals surface area (Å²) in [6, 6.07) is 13.4. The number of carbonyl (C=O) groups is 1. The fourth-order valence-corrected chi connectivity index (χ4v) is 2.79. The maximum atomic E-state index is 12.1. The minimum atomic E-state index is -0.466. The molecule has 0 unspecified atom stereocenters. The molecule has 122 valence electrons. The normalized spacial score (nSPS) is 13.1. The summed E-state index contributed by atoms with van der Waals surface area (Å²) >= 11 is 0. The Hall–Kier alpha value is -3.08. The number of amides is 1. The van der Waals surface area contributed by atoms with Gasteiger partial charge in [-0.2, -0.15) is 4.99 Å². The lowest BCUT2D eigenvalue weighted by Gasteiger charge is -2.14. The molecule has 0 atom stereocenters. The van der Waals surface area contributed by atoms with E-state index in [0.29, 0.717) is 12.2 Å². The smallest absolute Gasteiger partial charge is 0.280 e. The average molecular weight is 321 g/mol. The van der Waals surface area contributed by atoms with Crippen molar-refractivity contribution in [2.24, 2.45) is 16.5 Å². The van der Waals surface area contributed by atoms with E-state index in [1.54, 1.807) is 18.2 Å². The number of guanidine groups is 1. The van der Waals surface area contributed by atoms with Gasteiger partial charge in [-0.15, -0.1) is 0 Å². The molecule has 1 aliphatic rings. The van der Waals surface area contributed by atoms with Crippen LogP contribution in [-0.4, -0.2) is 18.5 Å². The Morgan fingerprint density at radius 1 is 1.12 bits per heavy atom. The average Bonchev–Trinajstić information content (AvgIpc) is 2.76. The van der Waals surface area contributed by atoms with Crippen molar-refractivity contribution in [1.29, 1.82) is 0 Å². The summed E-state index contributed by atoms with van der Waals surface area (Å²) in [6.07, 6.45) is 2.94. The van der Waals surface area contributed by atoms with Crippen LogP contribution in [0.2, 0.25) is 0 Å². The number of rotatable bonds is 2. The summed E-state index contributed by atoms with van der Waals surface area (Å²) in [5.41, 5.74) is 15.2. The van der Waals surface area contributed by atoms with Gasteiger partial charge in [-0.1, -0.05) is 30.3 Å². The van der Waals surface area contributed by atoms with Gasteiger partial charge < -0.3 is 16.2 Å². The fraction of sp³-hybridized carbons (Fsp3) is 0.158. The van der Waals surface area contributed by atoms with Gasteiger partial charge in [0.05, 0.1) is 6.61 Å². The minimum absolute atomic E-state index is 0.249. The van der Waals surface area contributed by atoms with E-state index >= 15 is 0 Å². The van der Waals surface area contributed by atoms with Crippen LogP contribution in [0.25, 0.3) is 5.57 Å². The molecule has 5 heteroatoms. The Morgan fingerprint density at radius 2 is 1.92 bits per heavy atom. The zero-order valence-corrected chi connectivity index (χ0v) is 13.5. The minimum Gasteiger partial charge on any atom is -0.493 e. The first kappa shape index (κ1) is 15.8. The highest BCUT2D eigenvalue weighted by atomic mass is 16.5. The predicted molar refractivity (Wildman–Crippen MR) is 95.0 cm³/mol. The van der Waals surface area contributed by atoms with Crippen molar-refractivity contribution < 1.29 is 9.53 Å². The van der Waals surface area contributed by atoms with Gasteiger partial charge in [0.15, 0.2) is 5.96 Å². The molecule has 2 aromatic rings. The van der Waals surface area contributed by atoms with Gasteiger partial charge in [0.2, 0.25) is 0 Å². The molecule has 5 nitrogen and oxygen atoms in total. The van der Waals surface area contributed by atoms with Crippen molar-refractivity contribution in [2.75, 3.05) is 6.61 Å². The summed E-state index contributed by atoms with van der Waals surface area (Å²) in [5.74, 6) is 0.0373. The van der Waals surface area contributed by atoms with Crippen LogP contribution in [0.1, 0.15) is 33.5 Å². The van der Waals surface area contributed by atoms with E-state index in [0.717, 1.165) is 34.4 Å². The second-order valence-electron chi connectivity index (χ2n) is 5.62. The molecular weight excluding hydrogens is 302 g/mol. The Bertz CT molecular complexity index is 849. The zero-order valence-electron chi connectivity index (χ0n) is 13.5. The van der Waals surface area contributed by atoms with Crippen LogP contribution < -0.4 is 16.2 Å². The number of benzene rings is 2. The molecule has 0 saturated carbocycles. The largest absolute Gasteiger partial charge is 0.493 e. The number of nitrogens with zero attached hydrogens (tertiary/aromatic N) is 1. The summed E-state index contributed by atoms with van der Waals surface area (Å²) in [6.45, 7) is 2.67. The number of aryl methyl sites for hydroxylation is 1. The highest BCUT2D eigenvalue weighted by Crippen LogP contribution is 2.35. The van der Waals surface area contributed by atoms with E-state index in [-0.39, 0.29) is 5.96 Å². The lowest BCUT2D eigenvalue weighted by atomic mass is 9.92. The molecule has 0 aliphatic carbocycles. The van der Waals surface area contributed by atoms with Crippen molar-refractivity contribution in [3.8, 4) is 5.75 Å². The van der Waals surface area contributed by atoms with Crippen molar-refractivity contribution in [3.63, 3.8) is 0 Å². The molecule has 1 heterocycles. The SMILES string of the molecule is Cc1ccccc1C1=CCCOc2ccc(C(=O)N=C(N)N)cc21. The number of aliphatic imine (C=N–C) groups is 1. The fourth-order valence-electron chi connectivity index (χ4n) is 2.79. The van der Waals surface area contributed by atoms with Gasteiger partial charge in [-0.05, 0) is 41.8 Å². The van der Waals surface area contributed by atoms with Gasteiger partial charge in [-0.3, -0.25) is 4.79 Å². The molecule has 0 saturated heterocycles. The van der Waals surface area contributed by atoms with E-state index in [4.69, 9.17) is 16.2 Å². The first-order chi connectivity index (χ1) is 11.6. The molecule has 0 radical (unpaired) electrons. The van der Waals surface area contributed by atoms with Crippen LogP contribution >= 0.6 is 0 Å². The topological polar surface area (TPSA) is 90.7 Å². The molecule has 3 rings (SSSR count). The molecule has 1 amide bonds. The molecule has 0 aromatic heterocycles. The molecular formula is C19H19N3O2. The van der Waals surface area contributed by atoms with Crippen LogP contribution in [0.15, 0.2) is 53.5 Å². The highest BCUT2D eigenvalue weighted by molar-refractivity contribution is 6.03. The van der Waals surface area contributed by atoms with E-state index in [1.807, 2.05) is 12.1 Å². The Morgan fingerprint density at radius 3 is 2.67 bits per heavy atom. The molecule has 0 bridgehead atoms. The maximum absolute atomic E-state index is 12.1. The van der Waals surface area contributed by atoms with Crippen molar-refractivity contribution >= 4 is 17.4 Å². The molecule has 24 heavy (non-hydrogen) atoms. The zero-order chi connectivity index (χ0) is 17.1. The molecule has 1 aliphatic heterocycles. The quantitative estimate of drug-likeness (QED) is 0.657. The van der Waals surface area contributed by atoms with E-state index in [1.165, 1.54) is 0 Å². The third-order valence-corrected chi connectivity index (χ3v) is 3.91. The Balaban J connectivity index is 2.13. The van der Waals surface area contributed by atoms with Gasteiger partial charge in [-0.25, -0.2) is 0 Å². The number of carbonyl (C=O) groups excluding carboxylic acids is 1. The van der Waals surface area contributed by atoms with Crippen LogP contribution in [0, 0.1) is 6.92 Å². The molecule has 2 aromatic carbocycles. The summed E-state index contributed by atoms with van der Waals surface area (Å²) in [5, 5.41) is 0. The lowest BCUT2D eigenvalue weighted by Crippen LogP contribution is -2.24. The van der Waals surface area contributed by atoms with E-state index in [2.05, 4.69) is 30.1 Å². The summed E-state index contributed by atoms with van der Waals surface area (Å²) in [7, 11) is 0. The molecule has 0 fully saturated rings. The molecule has 4 N–H and O–H groups in total. The van der Waals surface area contributed by atoms with Gasteiger partial charge in [0, 0.05) is 17.5 Å². The van der Waals surface area contributed by atoms with Crippen molar-refractivity contribution in [2.45, 2.75) is 13.3 Å². The van der Waals surface area contributed by atoms with Crippen molar-refractivity contribution in [1.82, 2.24) is 0 Å². The maximum Gasteiger partial charge on any atom is 0.280 e. The van der Waals surface area contributed by atoms with Crippen molar-refractivity contribution in [3.05, 3.63) is 70.8 Å². The first-order valence-electron chi connectivity index (χ1n) is 7.73. The van der Waals surface area contributed by atoms with E-state index < -0.39 is 5.91 Å². The highest BCUT2D eigenvalue weighted by Gasteiger charge is 2.18. The third-order valence-electron chi connectivity index (χ3n) is 3.91. The number of fused-ring (bicyclic) bond motifs is 1. The number of nitrogens with two attached hydrogens (primary N) is 2. The number of hydrogen-bond donors (Lipinski definition) is 2. The summed E-state index contributed by atoms with van der Waals surface area (Å²) in [4.78, 5) is 15.7. The van der Waals surface area contributed by atoms with Crippen LogP contribution in [0.4, 0.5) is 0 Å². The Labute approximate surface area is 140 Å². The third kappa shape index (κ3) is 3.15. The predicted octanol–water partition coefficient (Wildman–Crippen LogP) is 2.62. The first-order valence-corrected chi connectivity index (χ1v) is 7.73. The second-order valence-corrected chi connectivity index (χ2v) is 5.62. The number of hydrogen-bond acceptors (Lipinski definition) is 2. The summed E-state index contributed by atoms with van der Waals surface area (Å²) < 4.78 is 5.81. The van der Waals surface area contributed by atoms with Gasteiger partial charge in [0.1, 0.15) is 5.75 Å². The van der Waals surface area contributed by atoms with Gasteiger partial charge >= 0.3 is 0 Å². The van der Waals surface area contributed by atoms with Gasteiger partial charge in [0.25, 0.3) is 5.91 Å². The van der Waals surface area contributed by atoms with Crippen LogP contribution in [0.5, 0.6) is 5.75 Å². The van der Waals surface area contributed by atoms with Crippen LogP contribution in [-0.2, 0) is 0 Å². The van der Waals surface area contributed by atoms with Crippen LogP contribution in [0.3, 0.4) is 0 Å². The number of ether oxygens (including phenoxy) is 1. The Kier molecular flexibility index (Phi) is 4.33.